The summed E-state index contributed by atoms with van der Waals surface area (Å²) in [6.45, 7) is 0. The van der Waals surface area contributed by atoms with Crippen LogP contribution in [0.4, 0.5) is 17.1 Å². The Hall–Kier alpha value is -9.50. The van der Waals surface area contributed by atoms with Gasteiger partial charge in [-0.05, 0) is 132 Å². The van der Waals surface area contributed by atoms with Gasteiger partial charge in [-0.15, -0.1) is 0 Å². The van der Waals surface area contributed by atoms with Crippen molar-refractivity contribution >= 4 is 49.8 Å². The maximum atomic E-state index is 6.50. The van der Waals surface area contributed by atoms with Crippen LogP contribution in [0.3, 0.4) is 0 Å². The summed E-state index contributed by atoms with van der Waals surface area (Å²) >= 11 is 0. The van der Waals surface area contributed by atoms with Crippen LogP contribution in [0, 0.1) is 0 Å². The molecule has 0 bridgehead atoms. The van der Waals surface area contributed by atoms with Gasteiger partial charge >= 0.3 is 0 Å². The minimum absolute atomic E-state index is 0.520. The van der Waals surface area contributed by atoms with Crippen molar-refractivity contribution in [3.8, 4) is 55.6 Å². The topological polar surface area (TPSA) is 16.4 Å². The van der Waals surface area contributed by atoms with Crippen LogP contribution < -0.4 is 4.90 Å². The molecule has 0 spiro atoms. The van der Waals surface area contributed by atoms with E-state index >= 15 is 0 Å². The maximum absolute atomic E-state index is 6.50. The molecule has 12 aromatic carbocycles. The van der Waals surface area contributed by atoms with Gasteiger partial charge in [-0.25, -0.2) is 0 Å². The van der Waals surface area contributed by atoms with Crippen LogP contribution in [0.2, 0.25) is 0 Å². The fourth-order valence-corrected chi connectivity index (χ4v) is 11.8. The van der Waals surface area contributed by atoms with E-state index in [4.69, 9.17) is 4.42 Å². The Kier molecular flexibility index (Phi) is 10.1. The first kappa shape index (κ1) is 42.4. The molecular formula is C71H47NO. The van der Waals surface area contributed by atoms with Crippen LogP contribution in [0.15, 0.2) is 290 Å². The fraction of sp³-hybridized carbons (Fsp3) is 0.0141. The van der Waals surface area contributed by atoms with Gasteiger partial charge < -0.3 is 9.32 Å². The van der Waals surface area contributed by atoms with Crippen LogP contribution in [0.1, 0.15) is 22.3 Å². The molecule has 2 nitrogen and oxygen atoms in total. The van der Waals surface area contributed by atoms with Gasteiger partial charge in [-0.3, -0.25) is 0 Å². The molecule has 14 rings (SSSR count). The average Bonchev–Trinajstić information content (AvgIpc) is 4.00. The molecule has 0 amide bonds. The summed E-state index contributed by atoms with van der Waals surface area (Å²) < 4.78 is 6.50. The Balaban J connectivity index is 0.855. The lowest BCUT2D eigenvalue weighted by Gasteiger charge is -2.35. The van der Waals surface area contributed by atoms with Crippen molar-refractivity contribution in [3.63, 3.8) is 0 Å². The second-order valence-electron chi connectivity index (χ2n) is 19.2. The molecule has 0 radical (unpaired) electrons. The Morgan fingerprint density at radius 1 is 0.274 bits per heavy atom. The number of nitrogens with zero attached hydrogens (tertiary/aromatic N) is 1. The third-order valence-electron chi connectivity index (χ3n) is 15.2. The molecule has 0 atom stereocenters. The molecule has 73 heavy (non-hydrogen) atoms. The molecule has 0 fully saturated rings. The van der Waals surface area contributed by atoms with Gasteiger partial charge in [0.15, 0.2) is 0 Å². The zero-order chi connectivity index (χ0) is 48.3. The normalized spacial score (nSPS) is 12.5. The molecule has 1 aliphatic rings. The summed E-state index contributed by atoms with van der Waals surface area (Å²) in [6, 6.07) is 104. The van der Waals surface area contributed by atoms with Crippen molar-refractivity contribution in [2.24, 2.45) is 0 Å². The summed E-state index contributed by atoms with van der Waals surface area (Å²) in [6.07, 6.45) is 0. The van der Waals surface area contributed by atoms with E-state index in [1.807, 2.05) is 6.07 Å². The zero-order valence-electron chi connectivity index (χ0n) is 40.0. The monoisotopic (exact) mass is 929 g/mol. The van der Waals surface area contributed by atoms with E-state index in [0.717, 1.165) is 72.4 Å². The Labute approximate surface area is 425 Å². The smallest absolute Gasteiger partial charge is 0.143 e. The highest BCUT2D eigenvalue weighted by Crippen LogP contribution is 2.57. The van der Waals surface area contributed by atoms with Crippen LogP contribution in [0.25, 0.3) is 88.3 Å². The van der Waals surface area contributed by atoms with Gasteiger partial charge in [0, 0.05) is 33.4 Å². The van der Waals surface area contributed by atoms with Gasteiger partial charge in [-0.2, -0.15) is 0 Å². The maximum Gasteiger partial charge on any atom is 0.143 e. The zero-order valence-corrected chi connectivity index (χ0v) is 40.0. The number of para-hydroxylation sites is 1. The lowest BCUT2D eigenvalue weighted by Crippen LogP contribution is -2.28. The van der Waals surface area contributed by atoms with Crippen molar-refractivity contribution in [2.45, 2.75) is 5.41 Å². The highest BCUT2D eigenvalue weighted by Gasteiger charge is 2.46. The van der Waals surface area contributed by atoms with Crippen LogP contribution in [-0.2, 0) is 5.41 Å². The molecule has 0 saturated heterocycles. The van der Waals surface area contributed by atoms with E-state index in [9.17, 15) is 0 Å². The summed E-state index contributed by atoms with van der Waals surface area (Å²) in [4.78, 5) is 2.42. The Morgan fingerprint density at radius 2 is 0.753 bits per heavy atom. The Bertz CT molecular complexity index is 4110. The Morgan fingerprint density at radius 3 is 1.47 bits per heavy atom. The molecule has 0 unspecified atom stereocenters. The van der Waals surface area contributed by atoms with Crippen molar-refractivity contribution in [1.29, 1.82) is 0 Å². The summed E-state index contributed by atoms with van der Waals surface area (Å²) in [5.74, 6) is 0. The van der Waals surface area contributed by atoms with Gasteiger partial charge in [0.2, 0.25) is 0 Å². The largest absolute Gasteiger partial charge is 0.455 e. The van der Waals surface area contributed by atoms with Crippen LogP contribution >= 0.6 is 0 Å². The summed E-state index contributed by atoms with van der Waals surface area (Å²) in [5.41, 5.74) is 21.5. The second kappa shape index (κ2) is 17.4. The van der Waals surface area contributed by atoms with Gasteiger partial charge in [0.05, 0.1) is 5.41 Å². The number of furan rings is 1. The standard InChI is InChI=1S/C71H47NO/c1-4-16-52(17-5-1)62-27-15-28-65-66-46-54(38-45-69(66)73-70(62)65)50-32-30-48(31-33-50)49-34-39-57(40-35-49)72(58-41-36-53(37-42-58)61-26-14-19-51-18-10-11-24-60(51)61)59-43-44-64-63-25-12-13-29-67(63)71(68(64)47-59,55-20-6-2-7-21-55)56-22-8-3-9-23-56/h1-47H. The molecule has 1 heterocycles. The van der Waals surface area contributed by atoms with Crippen molar-refractivity contribution < 1.29 is 4.42 Å². The molecule has 342 valence electrons. The predicted octanol–water partition coefficient (Wildman–Crippen LogP) is 19.2. The lowest BCUT2D eigenvalue weighted by atomic mass is 9.67. The molecule has 1 aromatic heterocycles. The number of fused-ring (bicyclic) bond motifs is 7. The number of hydrogen-bond donors (Lipinski definition) is 0. The summed E-state index contributed by atoms with van der Waals surface area (Å²) in [5, 5.41) is 4.74. The van der Waals surface area contributed by atoms with E-state index in [1.54, 1.807) is 0 Å². The van der Waals surface area contributed by atoms with Crippen LogP contribution in [0.5, 0.6) is 0 Å². The van der Waals surface area contributed by atoms with E-state index < -0.39 is 5.41 Å². The highest BCUT2D eigenvalue weighted by atomic mass is 16.3. The number of hydrogen-bond acceptors (Lipinski definition) is 2. The van der Waals surface area contributed by atoms with E-state index in [1.165, 1.54) is 55.3 Å². The van der Waals surface area contributed by atoms with Crippen LogP contribution in [-0.4, -0.2) is 0 Å². The third kappa shape index (κ3) is 7.02. The van der Waals surface area contributed by atoms with E-state index in [2.05, 4.69) is 284 Å². The lowest BCUT2D eigenvalue weighted by molar-refractivity contribution is 0.670. The minimum Gasteiger partial charge on any atom is -0.455 e. The molecule has 0 saturated carbocycles. The van der Waals surface area contributed by atoms with E-state index in [0.29, 0.717) is 0 Å². The molecular weight excluding hydrogens is 883 g/mol. The third-order valence-corrected chi connectivity index (χ3v) is 15.2. The molecule has 0 N–H and O–H groups in total. The fourth-order valence-electron chi connectivity index (χ4n) is 11.8. The van der Waals surface area contributed by atoms with E-state index in [-0.39, 0.29) is 0 Å². The SMILES string of the molecule is c1ccc(-c2cccc3c2oc2ccc(-c4ccc(-c5ccc(N(c6ccc(-c7cccc8ccccc78)cc6)c6ccc7c(c6)C(c6ccccc6)(c6ccccc6)c6ccccc6-7)cc5)cc4)cc23)cc1. The van der Waals surface area contributed by atoms with Gasteiger partial charge in [0.1, 0.15) is 11.2 Å². The molecule has 13 aromatic rings. The minimum atomic E-state index is -0.520. The molecule has 1 aliphatic carbocycles. The average molecular weight is 930 g/mol. The second-order valence-corrected chi connectivity index (χ2v) is 19.2. The van der Waals surface area contributed by atoms with Crippen molar-refractivity contribution in [3.05, 3.63) is 307 Å². The van der Waals surface area contributed by atoms with Crippen molar-refractivity contribution in [2.75, 3.05) is 4.90 Å². The number of anilines is 3. The van der Waals surface area contributed by atoms with Crippen molar-refractivity contribution in [1.82, 2.24) is 0 Å². The number of benzene rings is 12. The molecule has 2 heteroatoms. The first-order valence-electron chi connectivity index (χ1n) is 25.1. The first-order valence-corrected chi connectivity index (χ1v) is 25.1. The first-order chi connectivity index (χ1) is 36.2. The molecule has 0 aliphatic heterocycles. The van der Waals surface area contributed by atoms with Gasteiger partial charge in [-0.1, -0.05) is 237 Å². The quantitative estimate of drug-likeness (QED) is 0.143. The highest BCUT2D eigenvalue weighted by molar-refractivity contribution is 6.10. The van der Waals surface area contributed by atoms with Gasteiger partial charge in [0.25, 0.3) is 0 Å². The summed E-state index contributed by atoms with van der Waals surface area (Å²) in [7, 11) is 0. The predicted molar refractivity (Wildman–Crippen MR) is 305 cm³/mol. The number of rotatable bonds is 9.